The lowest BCUT2D eigenvalue weighted by Gasteiger charge is -2.15. The molecule has 3 N–H and O–H groups in total. The van der Waals surface area contributed by atoms with Crippen LogP contribution in [0.5, 0.6) is 5.75 Å². The van der Waals surface area contributed by atoms with Gasteiger partial charge in [-0.05, 0) is 66.3 Å². The van der Waals surface area contributed by atoms with E-state index in [1.54, 1.807) is 7.11 Å². The molecule has 2 aromatic heterocycles. The number of nitrogens with two attached hydrogens (primary N) is 1. The number of methoxy groups -OCH3 is 1. The highest BCUT2D eigenvalue weighted by Crippen LogP contribution is 2.30. The molecule has 1 fully saturated rings. The van der Waals surface area contributed by atoms with Gasteiger partial charge in [0.2, 0.25) is 5.78 Å². The molecular formula is C23H26N4O5S2. The van der Waals surface area contributed by atoms with Gasteiger partial charge in [-0.3, -0.25) is 8.98 Å². The normalized spacial score (nSPS) is 18.1. The highest BCUT2D eigenvalue weighted by Gasteiger charge is 2.28. The molecule has 9 nitrogen and oxygen atoms in total. The van der Waals surface area contributed by atoms with Gasteiger partial charge in [-0.25, -0.2) is 15.1 Å². The Morgan fingerprint density at radius 3 is 2.91 bits per heavy atom. The molecule has 1 aromatic carbocycles. The number of aromatic nitrogens is 2. The SMILES string of the molecule is COc1cccc(Cc2csc(C(=O)c3cncnc3N[C@H]3CC[C@@H](COS(N)(=O)=O)C3)c2)c1. The zero-order valence-electron chi connectivity index (χ0n) is 18.6. The smallest absolute Gasteiger partial charge is 0.333 e. The zero-order chi connectivity index (χ0) is 24.1. The van der Waals surface area contributed by atoms with E-state index in [9.17, 15) is 13.2 Å². The molecule has 0 radical (unpaired) electrons. The number of rotatable bonds is 10. The molecule has 2 heterocycles. The Bertz CT molecular complexity index is 1260. The van der Waals surface area contributed by atoms with Crippen molar-refractivity contribution in [3.05, 3.63) is 69.8 Å². The van der Waals surface area contributed by atoms with Crippen molar-refractivity contribution in [1.29, 1.82) is 0 Å². The van der Waals surface area contributed by atoms with E-state index in [4.69, 9.17) is 14.1 Å². The molecule has 34 heavy (non-hydrogen) atoms. The maximum absolute atomic E-state index is 13.3. The van der Waals surface area contributed by atoms with Gasteiger partial charge < -0.3 is 10.1 Å². The van der Waals surface area contributed by atoms with Gasteiger partial charge in [0.1, 0.15) is 17.9 Å². The summed E-state index contributed by atoms with van der Waals surface area (Å²) < 4.78 is 32.1. The van der Waals surface area contributed by atoms with Crippen LogP contribution >= 0.6 is 11.3 Å². The molecule has 1 saturated carbocycles. The average Bonchev–Trinajstić information content (AvgIpc) is 3.47. The number of hydrogen-bond donors (Lipinski definition) is 2. The molecule has 0 bridgehead atoms. The minimum absolute atomic E-state index is 0.0440. The summed E-state index contributed by atoms with van der Waals surface area (Å²) in [7, 11) is -2.31. The minimum Gasteiger partial charge on any atom is -0.497 e. The van der Waals surface area contributed by atoms with Crippen molar-refractivity contribution in [3.63, 3.8) is 0 Å². The first-order chi connectivity index (χ1) is 16.3. The summed E-state index contributed by atoms with van der Waals surface area (Å²) in [5.41, 5.74) is 2.55. The third-order valence-corrected chi connectivity index (χ3v) is 7.17. The molecule has 2 atom stereocenters. The molecule has 0 unspecified atom stereocenters. The standard InChI is InChI=1S/C23H26N4O5S2/c1-31-19-4-2-3-15(9-19)7-17-10-21(33-13-17)22(28)20-11-25-14-26-23(20)27-18-6-5-16(8-18)12-32-34(24,29)30/h2-4,9-11,13-14,16,18H,5-8,12H2,1H3,(H2,24,29,30)(H,25,26,27)/t16-,18+/m1/s1. The van der Waals surface area contributed by atoms with Crippen LogP contribution in [0.4, 0.5) is 5.82 Å². The van der Waals surface area contributed by atoms with Gasteiger partial charge in [0, 0.05) is 12.2 Å². The third kappa shape index (κ3) is 6.38. The number of anilines is 1. The van der Waals surface area contributed by atoms with Crippen LogP contribution in [-0.2, 0) is 20.9 Å². The molecule has 0 spiro atoms. The molecular weight excluding hydrogens is 476 g/mol. The molecule has 1 aliphatic carbocycles. The number of ether oxygens (including phenoxy) is 1. The second-order valence-corrected chi connectivity index (χ2v) is 10.4. The molecule has 0 saturated heterocycles. The van der Waals surface area contributed by atoms with Crippen LogP contribution in [0, 0.1) is 5.92 Å². The van der Waals surface area contributed by atoms with Gasteiger partial charge in [-0.15, -0.1) is 11.3 Å². The summed E-state index contributed by atoms with van der Waals surface area (Å²) in [5.74, 6) is 1.19. The molecule has 0 amide bonds. The Kier molecular flexibility index (Phi) is 7.57. The van der Waals surface area contributed by atoms with Crippen molar-refractivity contribution in [2.45, 2.75) is 31.7 Å². The van der Waals surface area contributed by atoms with Gasteiger partial charge in [-0.1, -0.05) is 12.1 Å². The predicted molar refractivity (Wildman–Crippen MR) is 129 cm³/mol. The molecule has 3 aromatic rings. The second kappa shape index (κ2) is 10.6. The van der Waals surface area contributed by atoms with Crippen LogP contribution in [0.15, 0.2) is 48.2 Å². The fourth-order valence-electron chi connectivity index (χ4n) is 4.09. The van der Waals surface area contributed by atoms with E-state index < -0.39 is 10.3 Å². The summed E-state index contributed by atoms with van der Waals surface area (Å²) in [6, 6.07) is 9.80. The van der Waals surface area contributed by atoms with Crippen LogP contribution in [-0.4, -0.2) is 43.9 Å². The van der Waals surface area contributed by atoms with E-state index >= 15 is 0 Å². The maximum Gasteiger partial charge on any atom is 0.333 e. The Hall–Kier alpha value is -2.86. The number of hydrogen-bond acceptors (Lipinski definition) is 9. The average molecular weight is 503 g/mol. The quantitative estimate of drug-likeness (QED) is 0.404. The molecule has 11 heteroatoms. The summed E-state index contributed by atoms with van der Waals surface area (Å²) in [6.45, 7) is 0.0534. The topological polar surface area (TPSA) is 134 Å². The van der Waals surface area contributed by atoms with Crippen LogP contribution in [0.3, 0.4) is 0 Å². The number of benzene rings is 1. The first-order valence-electron chi connectivity index (χ1n) is 10.8. The van der Waals surface area contributed by atoms with Gasteiger partial charge in [-0.2, -0.15) is 8.42 Å². The van der Waals surface area contributed by atoms with Crippen molar-refractivity contribution < 1.29 is 22.1 Å². The molecule has 0 aliphatic heterocycles. The first-order valence-corrected chi connectivity index (χ1v) is 13.1. The Morgan fingerprint density at radius 1 is 1.26 bits per heavy atom. The van der Waals surface area contributed by atoms with E-state index in [1.807, 2.05) is 35.7 Å². The third-order valence-electron chi connectivity index (χ3n) is 5.73. The van der Waals surface area contributed by atoms with Crippen LogP contribution < -0.4 is 15.2 Å². The summed E-state index contributed by atoms with van der Waals surface area (Å²) in [5, 5.41) is 10.2. The largest absolute Gasteiger partial charge is 0.497 e. The van der Waals surface area contributed by atoms with E-state index in [0.29, 0.717) is 29.1 Å². The van der Waals surface area contributed by atoms with Crippen molar-refractivity contribution >= 4 is 33.2 Å². The number of carbonyl (C=O) groups excluding carboxylic acids is 1. The second-order valence-electron chi connectivity index (χ2n) is 8.26. The number of nitrogens with one attached hydrogen (secondary N) is 1. The Labute approximate surface area is 202 Å². The lowest BCUT2D eigenvalue weighted by atomic mass is 10.1. The molecule has 4 rings (SSSR count). The van der Waals surface area contributed by atoms with Crippen LogP contribution in [0.2, 0.25) is 0 Å². The Morgan fingerprint density at radius 2 is 2.12 bits per heavy atom. The zero-order valence-corrected chi connectivity index (χ0v) is 20.3. The maximum atomic E-state index is 13.3. The van der Waals surface area contributed by atoms with Crippen LogP contribution in [0.25, 0.3) is 0 Å². The number of thiophene rings is 1. The van der Waals surface area contributed by atoms with E-state index in [0.717, 1.165) is 29.7 Å². The minimum atomic E-state index is -3.95. The van der Waals surface area contributed by atoms with Gasteiger partial charge in [0.05, 0.1) is 24.2 Å². The highest BCUT2D eigenvalue weighted by molar-refractivity contribution is 7.84. The number of ketones is 1. The van der Waals surface area contributed by atoms with E-state index in [-0.39, 0.29) is 24.3 Å². The lowest BCUT2D eigenvalue weighted by molar-refractivity contribution is 0.104. The van der Waals surface area contributed by atoms with Gasteiger partial charge in [0.15, 0.2) is 0 Å². The number of carbonyl (C=O) groups is 1. The summed E-state index contributed by atoms with van der Waals surface area (Å²) in [4.78, 5) is 22.2. The summed E-state index contributed by atoms with van der Waals surface area (Å²) in [6.07, 6.45) is 5.91. The first kappa shape index (κ1) is 24.3. The Balaban J connectivity index is 1.42. The van der Waals surface area contributed by atoms with Gasteiger partial charge >= 0.3 is 10.3 Å². The van der Waals surface area contributed by atoms with Crippen molar-refractivity contribution in [1.82, 2.24) is 9.97 Å². The number of nitrogens with zero attached hydrogens (tertiary/aromatic N) is 2. The highest BCUT2D eigenvalue weighted by atomic mass is 32.2. The molecule has 1 aliphatic rings. The van der Waals surface area contributed by atoms with E-state index in [1.165, 1.54) is 23.9 Å². The van der Waals surface area contributed by atoms with Crippen molar-refractivity contribution in [2.24, 2.45) is 11.1 Å². The summed E-state index contributed by atoms with van der Waals surface area (Å²) >= 11 is 1.39. The monoisotopic (exact) mass is 502 g/mol. The fourth-order valence-corrected chi connectivity index (χ4v) is 5.34. The van der Waals surface area contributed by atoms with Crippen LogP contribution in [0.1, 0.15) is 45.6 Å². The van der Waals surface area contributed by atoms with Crippen molar-refractivity contribution in [3.8, 4) is 5.75 Å². The fraction of sp³-hybridized carbons (Fsp3) is 0.348. The van der Waals surface area contributed by atoms with E-state index in [2.05, 4.69) is 15.3 Å². The van der Waals surface area contributed by atoms with Gasteiger partial charge in [0.25, 0.3) is 0 Å². The predicted octanol–water partition coefficient (Wildman–Crippen LogP) is 3.17. The molecule has 180 valence electrons. The lowest BCUT2D eigenvalue weighted by Crippen LogP contribution is -2.22. The van der Waals surface area contributed by atoms with Crippen molar-refractivity contribution in [2.75, 3.05) is 19.0 Å².